The number of thioether (sulfide) groups is 1. The highest BCUT2D eigenvalue weighted by atomic mass is 32.2. The number of fused-ring (bicyclic) bond motifs is 1. The normalized spacial score (nSPS) is 16.8. The zero-order valence-corrected chi connectivity index (χ0v) is 19.4. The number of benzene rings is 1. The Morgan fingerprint density at radius 3 is 2.73 bits per heavy atom. The molecule has 4 heterocycles. The van der Waals surface area contributed by atoms with E-state index in [1.54, 1.807) is 31.6 Å². The molecule has 0 spiro atoms. The second-order valence-electron chi connectivity index (χ2n) is 7.74. The van der Waals surface area contributed by atoms with Crippen LogP contribution in [0.1, 0.15) is 28.3 Å². The summed E-state index contributed by atoms with van der Waals surface area (Å²) in [4.78, 5) is 17.0. The van der Waals surface area contributed by atoms with Crippen LogP contribution in [0, 0.1) is 26.2 Å². The molecule has 33 heavy (non-hydrogen) atoms. The number of furan rings is 1. The van der Waals surface area contributed by atoms with Crippen LogP contribution in [0.4, 0.5) is 0 Å². The van der Waals surface area contributed by atoms with Crippen molar-refractivity contribution in [2.45, 2.75) is 20.8 Å². The lowest BCUT2D eigenvalue weighted by Crippen LogP contribution is -2.35. The Morgan fingerprint density at radius 1 is 1.18 bits per heavy atom. The monoisotopic (exact) mass is 459 g/mol. The minimum atomic E-state index is -0.465. The smallest absolute Gasteiger partial charge is 0.283 e. The van der Waals surface area contributed by atoms with Crippen LogP contribution in [-0.4, -0.2) is 38.6 Å². The number of aromatic nitrogens is 1. The molecule has 0 radical (unpaired) electrons. The van der Waals surface area contributed by atoms with Crippen molar-refractivity contribution in [3.8, 4) is 11.4 Å². The van der Waals surface area contributed by atoms with Crippen molar-refractivity contribution in [2.75, 3.05) is 7.11 Å². The SMILES string of the molecule is COc1ccc(C)cc1-n1c(C)cc(C=C2C(=N)N3N=C(c4ccco4)SC3=NC2=O)c1C. The number of hydrogen-bond acceptors (Lipinski definition) is 6. The van der Waals surface area contributed by atoms with Crippen LogP contribution < -0.4 is 4.74 Å². The number of amides is 1. The predicted molar refractivity (Wildman–Crippen MR) is 129 cm³/mol. The maximum absolute atomic E-state index is 12.8. The van der Waals surface area contributed by atoms with Crippen LogP contribution in [0.3, 0.4) is 0 Å². The highest BCUT2D eigenvalue weighted by Gasteiger charge is 2.37. The van der Waals surface area contributed by atoms with Gasteiger partial charge in [-0.3, -0.25) is 10.2 Å². The first-order chi connectivity index (χ1) is 15.9. The van der Waals surface area contributed by atoms with E-state index in [9.17, 15) is 4.79 Å². The van der Waals surface area contributed by atoms with Crippen LogP contribution in [0.15, 0.2) is 62.7 Å². The Morgan fingerprint density at radius 2 is 2.00 bits per heavy atom. The molecule has 5 rings (SSSR count). The number of hydrogen-bond donors (Lipinski definition) is 1. The van der Waals surface area contributed by atoms with Gasteiger partial charge in [0.2, 0.25) is 5.17 Å². The summed E-state index contributed by atoms with van der Waals surface area (Å²) < 4.78 is 13.1. The first-order valence-electron chi connectivity index (χ1n) is 10.3. The third-order valence-corrected chi connectivity index (χ3v) is 6.45. The number of carbonyl (C=O) groups excluding carboxylic acids is 1. The van der Waals surface area contributed by atoms with Gasteiger partial charge in [0.1, 0.15) is 5.75 Å². The zero-order chi connectivity index (χ0) is 23.3. The lowest BCUT2D eigenvalue weighted by molar-refractivity contribution is -0.114. The van der Waals surface area contributed by atoms with E-state index in [-0.39, 0.29) is 11.4 Å². The first-order valence-corrected chi connectivity index (χ1v) is 11.1. The molecule has 1 N–H and O–H groups in total. The molecular weight excluding hydrogens is 438 g/mol. The Hall–Kier alpha value is -3.85. The lowest BCUT2D eigenvalue weighted by Gasteiger charge is -2.20. The highest BCUT2D eigenvalue weighted by molar-refractivity contribution is 8.27. The molecule has 0 unspecified atom stereocenters. The molecule has 3 aromatic rings. The summed E-state index contributed by atoms with van der Waals surface area (Å²) in [6.07, 6.45) is 3.26. The number of amidine groups is 2. The zero-order valence-electron chi connectivity index (χ0n) is 18.5. The fourth-order valence-corrected chi connectivity index (χ4v) is 4.79. The summed E-state index contributed by atoms with van der Waals surface area (Å²) >= 11 is 1.21. The Balaban J connectivity index is 1.55. The Bertz CT molecular complexity index is 1400. The van der Waals surface area contributed by atoms with Crippen molar-refractivity contribution in [1.82, 2.24) is 9.58 Å². The highest BCUT2D eigenvalue weighted by Crippen LogP contribution is 2.33. The van der Waals surface area contributed by atoms with E-state index in [0.29, 0.717) is 16.0 Å². The minimum Gasteiger partial charge on any atom is -0.495 e. The molecule has 2 aliphatic rings. The molecule has 2 aromatic heterocycles. The maximum atomic E-state index is 12.8. The predicted octanol–water partition coefficient (Wildman–Crippen LogP) is 4.67. The standard InChI is InChI=1S/C24H21N5O3S/c1-13-7-8-19(31-4)18(10-13)28-14(2)11-16(15(28)3)12-17-21(25)29-24(26-22(17)30)33-23(27-29)20-6-5-9-32-20/h5-12,25H,1-4H3. The molecule has 0 bridgehead atoms. The molecule has 1 aromatic carbocycles. The molecule has 166 valence electrons. The summed E-state index contributed by atoms with van der Waals surface area (Å²) in [6.45, 7) is 6.01. The second kappa shape index (κ2) is 7.93. The number of aryl methyl sites for hydroxylation is 2. The summed E-state index contributed by atoms with van der Waals surface area (Å²) in [5.41, 5.74) is 4.95. The van der Waals surface area contributed by atoms with Gasteiger partial charge >= 0.3 is 0 Å². The number of nitrogens with zero attached hydrogens (tertiary/aromatic N) is 4. The van der Waals surface area contributed by atoms with Crippen molar-refractivity contribution in [2.24, 2.45) is 10.1 Å². The van der Waals surface area contributed by atoms with Gasteiger partial charge in [-0.2, -0.15) is 15.1 Å². The van der Waals surface area contributed by atoms with Gasteiger partial charge in [-0.05, 0) is 80.1 Å². The van der Waals surface area contributed by atoms with Gasteiger partial charge in [0, 0.05) is 11.4 Å². The van der Waals surface area contributed by atoms with Crippen LogP contribution in [0.25, 0.3) is 11.8 Å². The fourth-order valence-electron chi connectivity index (χ4n) is 3.93. The number of rotatable bonds is 4. The van der Waals surface area contributed by atoms with Crippen molar-refractivity contribution >= 4 is 39.8 Å². The van der Waals surface area contributed by atoms with Gasteiger partial charge in [0.25, 0.3) is 5.91 Å². The Labute approximate surface area is 194 Å². The van der Waals surface area contributed by atoms with Crippen molar-refractivity contribution in [1.29, 1.82) is 5.41 Å². The second-order valence-corrected chi connectivity index (χ2v) is 8.70. The number of aliphatic imine (C=N–C) groups is 1. The maximum Gasteiger partial charge on any atom is 0.283 e. The van der Waals surface area contributed by atoms with Crippen molar-refractivity contribution in [3.63, 3.8) is 0 Å². The van der Waals surface area contributed by atoms with Crippen molar-refractivity contribution < 1.29 is 13.9 Å². The number of methoxy groups -OCH3 is 1. The largest absolute Gasteiger partial charge is 0.495 e. The molecule has 0 atom stereocenters. The van der Waals surface area contributed by atoms with E-state index in [1.807, 2.05) is 39.0 Å². The Kier molecular flexibility index (Phi) is 5.05. The summed E-state index contributed by atoms with van der Waals surface area (Å²) in [6, 6.07) is 11.5. The molecule has 0 saturated heterocycles. The molecule has 0 aliphatic carbocycles. The van der Waals surface area contributed by atoms with Crippen LogP contribution in [0.5, 0.6) is 5.75 Å². The van der Waals surface area contributed by atoms with Gasteiger partial charge in [-0.25, -0.2) is 0 Å². The fraction of sp³-hybridized carbons (Fsp3) is 0.167. The van der Waals surface area contributed by atoms with Gasteiger partial charge in [-0.1, -0.05) is 6.07 Å². The summed E-state index contributed by atoms with van der Waals surface area (Å²) in [5.74, 6) is 0.842. The molecule has 9 heteroatoms. The van der Waals surface area contributed by atoms with E-state index in [1.165, 1.54) is 16.8 Å². The molecule has 2 aliphatic heterocycles. The average molecular weight is 460 g/mol. The quantitative estimate of drug-likeness (QED) is 0.572. The number of hydrazone groups is 1. The van der Waals surface area contributed by atoms with E-state index in [4.69, 9.17) is 14.6 Å². The first kappa shape index (κ1) is 21.0. The van der Waals surface area contributed by atoms with E-state index in [0.717, 1.165) is 34.0 Å². The molecule has 0 fully saturated rings. The number of nitrogens with one attached hydrogen (secondary N) is 1. The molecular formula is C24H21N5O3S. The summed E-state index contributed by atoms with van der Waals surface area (Å²) in [5, 5.41) is 15.3. The number of ether oxygens (including phenoxy) is 1. The molecule has 0 saturated carbocycles. The van der Waals surface area contributed by atoms with Crippen LogP contribution >= 0.6 is 11.8 Å². The molecule has 1 amide bonds. The minimum absolute atomic E-state index is 0.0167. The van der Waals surface area contributed by atoms with Crippen LogP contribution in [-0.2, 0) is 4.79 Å². The topological polar surface area (TPSA) is 96.2 Å². The van der Waals surface area contributed by atoms with E-state index >= 15 is 0 Å². The van der Waals surface area contributed by atoms with Gasteiger partial charge in [-0.15, -0.1) is 0 Å². The third kappa shape index (κ3) is 3.50. The van der Waals surface area contributed by atoms with Gasteiger partial charge in [0.05, 0.1) is 24.6 Å². The van der Waals surface area contributed by atoms with Crippen molar-refractivity contribution in [3.05, 3.63) is 76.5 Å². The average Bonchev–Trinajstić information content (AvgIpc) is 3.51. The summed E-state index contributed by atoms with van der Waals surface area (Å²) in [7, 11) is 1.65. The van der Waals surface area contributed by atoms with E-state index in [2.05, 4.69) is 20.7 Å². The van der Waals surface area contributed by atoms with Gasteiger partial charge < -0.3 is 13.7 Å². The van der Waals surface area contributed by atoms with Gasteiger partial charge in [0.15, 0.2) is 16.6 Å². The third-order valence-electron chi connectivity index (χ3n) is 5.53. The van der Waals surface area contributed by atoms with Crippen LogP contribution in [0.2, 0.25) is 0 Å². The molecule has 8 nitrogen and oxygen atoms in total. The number of carbonyl (C=O) groups is 1. The lowest BCUT2D eigenvalue weighted by atomic mass is 10.1. The van der Waals surface area contributed by atoms with E-state index < -0.39 is 5.91 Å².